The molecule has 0 aliphatic rings. The summed E-state index contributed by atoms with van der Waals surface area (Å²) in [6.45, 7) is 2.63. The van der Waals surface area contributed by atoms with Gasteiger partial charge in [-0.2, -0.15) is 18.2 Å². The van der Waals surface area contributed by atoms with Gasteiger partial charge in [-0.25, -0.2) is 12.1 Å². The van der Waals surface area contributed by atoms with Gasteiger partial charge in [0.2, 0.25) is 0 Å². The van der Waals surface area contributed by atoms with Gasteiger partial charge in [-0.05, 0) is 0 Å². The molecule has 4 aromatic carbocycles. The minimum absolute atomic E-state index is 0. The average molecular weight is 481 g/mol. The summed E-state index contributed by atoms with van der Waals surface area (Å²) in [6.07, 6.45) is 0. The molecule has 26 heavy (non-hydrogen) atoms. The Morgan fingerprint density at radius 3 is 1.62 bits per heavy atom. The predicted octanol–water partition coefficient (Wildman–Crippen LogP) is -0.728. The van der Waals surface area contributed by atoms with Crippen molar-refractivity contribution in [1.82, 2.24) is 0 Å². The van der Waals surface area contributed by atoms with E-state index >= 15 is 0 Å². The van der Waals surface area contributed by atoms with Crippen LogP contribution in [0.15, 0.2) is 84.9 Å². The molecule has 0 atom stereocenters. The second-order valence-electron chi connectivity index (χ2n) is 5.54. The van der Waals surface area contributed by atoms with Gasteiger partial charge in [-0.3, -0.25) is 0 Å². The van der Waals surface area contributed by atoms with Crippen LogP contribution in [0.2, 0.25) is 12.6 Å². The standard InChI is InChI=1S/C13H9.C5H5.C3H8OSi.2ClH.Zr/c1-3-7-12-10(5-1)9-11-6-2-4-8-13(11)12;1-2-4-5-3-1;1-5-3-2-4;;;/h1-9H;1-5H;4H,2-3H2,1H3;2*1H;/q2*-1;;;;+2/p-2. The molecule has 0 aliphatic carbocycles. The molecule has 0 bridgehead atoms. The van der Waals surface area contributed by atoms with Gasteiger partial charge in [0, 0.05) is 0 Å². The van der Waals surface area contributed by atoms with Crippen molar-refractivity contribution in [3.8, 4) is 0 Å². The number of halogens is 2. The smallest absolute Gasteiger partial charge is 0.0771 e. The predicted molar refractivity (Wildman–Crippen MR) is 103 cm³/mol. The van der Waals surface area contributed by atoms with Gasteiger partial charge in [0.15, 0.2) is 0 Å². The zero-order valence-corrected chi connectivity index (χ0v) is 19.7. The molecule has 0 saturated heterocycles. The number of rotatable bonds is 2. The Kier molecular flexibility index (Phi) is 14.0. The third kappa shape index (κ3) is 8.33. The van der Waals surface area contributed by atoms with Gasteiger partial charge in [-0.1, -0.05) is 36.4 Å². The van der Waals surface area contributed by atoms with Gasteiger partial charge in [0.25, 0.3) is 0 Å². The summed E-state index contributed by atoms with van der Waals surface area (Å²) in [4.78, 5) is 0. The Bertz CT molecular complexity index is 804. The molecule has 0 aliphatic heterocycles. The van der Waals surface area contributed by atoms with E-state index in [0.717, 1.165) is 6.04 Å². The molecule has 4 aromatic rings. The fraction of sp³-hybridized carbons (Fsp3) is 0.143. The minimum Gasteiger partial charge on any atom is -1.00 e. The van der Waals surface area contributed by atoms with Crippen LogP contribution in [0.4, 0.5) is 0 Å². The van der Waals surface area contributed by atoms with E-state index in [2.05, 4.69) is 61.1 Å². The number of hydrogen-bond donors (Lipinski definition) is 1. The molecule has 136 valence electrons. The molecule has 1 N–H and O–H groups in total. The molecule has 0 amide bonds. The molecule has 0 fully saturated rings. The SMILES string of the molecule is C[Si](=[Zr+2])CCO.[Cl-].[Cl-].c1cc[cH-]c1.c1ccc2c(c1)[cH-]c1ccccc12. The van der Waals surface area contributed by atoms with Gasteiger partial charge in [-0.15, -0.1) is 39.7 Å². The van der Waals surface area contributed by atoms with Crippen LogP contribution in [0.1, 0.15) is 0 Å². The van der Waals surface area contributed by atoms with E-state index in [1.54, 1.807) is 23.3 Å². The molecule has 0 heterocycles. The first-order valence-electron chi connectivity index (χ1n) is 8.07. The van der Waals surface area contributed by atoms with Crippen LogP contribution in [-0.2, 0) is 23.3 Å². The fourth-order valence-corrected chi connectivity index (χ4v) is 3.55. The minimum atomic E-state index is -0.0455. The van der Waals surface area contributed by atoms with E-state index in [4.69, 9.17) is 5.11 Å². The first-order valence-corrected chi connectivity index (χ1v) is 14.0. The fourth-order valence-electron chi connectivity index (χ4n) is 2.39. The van der Waals surface area contributed by atoms with Crippen molar-refractivity contribution in [1.29, 1.82) is 0 Å². The summed E-state index contributed by atoms with van der Waals surface area (Å²) < 4.78 is 0. The Morgan fingerprint density at radius 1 is 0.846 bits per heavy atom. The Labute approximate surface area is 183 Å². The number of fused-ring (bicyclic) bond motifs is 3. The van der Waals surface area contributed by atoms with Crippen LogP contribution in [0.5, 0.6) is 0 Å². The van der Waals surface area contributed by atoms with Crippen molar-refractivity contribution in [2.75, 3.05) is 6.61 Å². The maximum atomic E-state index is 8.28. The number of benzene rings is 2. The van der Waals surface area contributed by atoms with E-state index in [1.165, 1.54) is 21.5 Å². The third-order valence-electron chi connectivity index (χ3n) is 3.57. The molecule has 0 spiro atoms. The van der Waals surface area contributed by atoms with Crippen LogP contribution < -0.4 is 24.8 Å². The van der Waals surface area contributed by atoms with Gasteiger partial charge < -0.3 is 24.8 Å². The van der Waals surface area contributed by atoms with Crippen LogP contribution in [0.3, 0.4) is 0 Å². The van der Waals surface area contributed by atoms with Crippen molar-refractivity contribution in [3.63, 3.8) is 0 Å². The van der Waals surface area contributed by atoms with Gasteiger partial charge >= 0.3 is 53.1 Å². The summed E-state index contributed by atoms with van der Waals surface area (Å²) in [5.74, 6) is 0. The maximum Gasteiger partial charge on any atom is -0.0771 e. The first kappa shape index (κ1) is 25.3. The van der Waals surface area contributed by atoms with E-state index in [-0.39, 0.29) is 30.2 Å². The Morgan fingerprint density at radius 2 is 1.31 bits per heavy atom. The van der Waals surface area contributed by atoms with E-state index < -0.39 is 0 Å². The molecule has 1 nitrogen and oxygen atoms in total. The van der Waals surface area contributed by atoms with Gasteiger partial charge in [0.1, 0.15) is 0 Å². The molecular weight excluding hydrogens is 458 g/mol. The summed E-state index contributed by atoms with van der Waals surface area (Å²) in [7, 11) is 0. The van der Waals surface area contributed by atoms with E-state index in [9.17, 15) is 0 Å². The molecule has 0 aromatic heterocycles. The topological polar surface area (TPSA) is 20.2 Å². The Hall–Kier alpha value is -0.700. The maximum absolute atomic E-state index is 8.28. The average Bonchev–Trinajstić information content (AvgIpc) is 3.27. The second-order valence-corrected chi connectivity index (χ2v) is 13.9. The zero-order chi connectivity index (χ0) is 17.2. The number of aliphatic hydroxyl groups is 1. The molecule has 5 heteroatoms. The van der Waals surface area contributed by atoms with E-state index in [1.807, 2.05) is 30.3 Å². The summed E-state index contributed by atoms with van der Waals surface area (Å²) >= 11 is 1.63. The van der Waals surface area contributed by atoms with Crippen LogP contribution >= 0.6 is 0 Å². The molecule has 4 rings (SSSR count). The normalized spacial score (nSPS) is 9.08. The van der Waals surface area contributed by atoms with Crippen molar-refractivity contribution in [3.05, 3.63) is 84.9 Å². The van der Waals surface area contributed by atoms with Crippen LogP contribution in [0, 0.1) is 0 Å². The van der Waals surface area contributed by atoms with Crippen molar-refractivity contribution in [2.45, 2.75) is 12.6 Å². The first-order chi connectivity index (χ1) is 11.7. The summed E-state index contributed by atoms with van der Waals surface area (Å²) in [5.41, 5.74) is -0.0455. The molecular formula is C21H22Cl2OSiZr-2. The van der Waals surface area contributed by atoms with Crippen molar-refractivity contribution in [2.24, 2.45) is 0 Å². The second kappa shape index (κ2) is 14.4. The molecule has 0 saturated carbocycles. The Balaban J connectivity index is 0.000000410. The van der Waals surface area contributed by atoms with E-state index in [0.29, 0.717) is 6.61 Å². The summed E-state index contributed by atoms with van der Waals surface area (Å²) in [6, 6.07) is 30.3. The van der Waals surface area contributed by atoms with Crippen molar-refractivity contribution < 1.29 is 53.3 Å². The van der Waals surface area contributed by atoms with Crippen LogP contribution in [-0.4, -0.2) is 17.1 Å². The summed E-state index contributed by atoms with van der Waals surface area (Å²) in [5, 5.41) is 13.7. The third-order valence-corrected chi connectivity index (χ3v) is 6.38. The largest absolute Gasteiger partial charge is 1.00 e. The zero-order valence-electron chi connectivity index (χ0n) is 14.7. The monoisotopic (exact) mass is 478 g/mol. The molecule has 0 radical (unpaired) electrons. The van der Waals surface area contributed by atoms with Crippen molar-refractivity contribution >= 4 is 27.0 Å². The van der Waals surface area contributed by atoms with Gasteiger partial charge in [0.05, 0.1) is 0 Å². The quantitative estimate of drug-likeness (QED) is 0.297. The number of hydrogen-bond acceptors (Lipinski definition) is 1. The number of aliphatic hydroxyl groups excluding tert-OH is 1. The van der Waals surface area contributed by atoms with Crippen LogP contribution in [0.25, 0.3) is 21.5 Å². The molecule has 0 unspecified atom stereocenters.